The Morgan fingerprint density at radius 1 is 1.24 bits per heavy atom. The number of nitrogens with zero attached hydrogens (tertiary/aromatic N) is 1. The number of likely N-dealkylation sites (tertiary alicyclic amines) is 1. The smallest absolute Gasteiger partial charge is 0.223 e. The van der Waals surface area contributed by atoms with Crippen molar-refractivity contribution in [3.05, 3.63) is 24.3 Å². The van der Waals surface area contributed by atoms with Crippen LogP contribution in [0.1, 0.15) is 32.6 Å². The number of carbonyl (C=O) groups is 1. The Morgan fingerprint density at radius 3 is 2.60 bits per heavy atom. The van der Waals surface area contributed by atoms with Crippen molar-refractivity contribution in [3.8, 4) is 11.5 Å². The van der Waals surface area contributed by atoms with Gasteiger partial charge in [-0.3, -0.25) is 9.69 Å². The maximum absolute atomic E-state index is 12.0. The summed E-state index contributed by atoms with van der Waals surface area (Å²) in [5.74, 6) is 2.22. The van der Waals surface area contributed by atoms with Crippen LogP contribution in [0, 0.1) is 5.92 Å². The van der Waals surface area contributed by atoms with Crippen LogP contribution in [0.5, 0.6) is 11.5 Å². The molecule has 1 saturated heterocycles. The molecule has 5 nitrogen and oxygen atoms in total. The number of hydrogen-bond donors (Lipinski definition) is 1. The minimum atomic E-state index is -0.0489. The quantitative estimate of drug-likeness (QED) is 0.891. The van der Waals surface area contributed by atoms with E-state index in [0.29, 0.717) is 6.61 Å². The van der Waals surface area contributed by atoms with Crippen LogP contribution in [0.2, 0.25) is 0 Å². The highest BCUT2D eigenvalue weighted by atomic mass is 32.1. The predicted octanol–water partition coefficient (Wildman–Crippen LogP) is 2.32. The van der Waals surface area contributed by atoms with Gasteiger partial charge in [0.25, 0.3) is 0 Å². The van der Waals surface area contributed by atoms with Crippen LogP contribution in [-0.4, -0.2) is 48.7 Å². The van der Waals surface area contributed by atoms with Crippen LogP contribution >= 0.6 is 13.5 Å². The topological polar surface area (TPSA) is 50.8 Å². The molecule has 2 heterocycles. The molecule has 0 bridgehead atoms. The van der Waals surface area contributed by atoms with Crippen LogP contribution in [-0.2, 0) is 4.79 Å². The molecule has 0 radical (unpaired) electrons. The van der Waals surface area contributed by atoms with Crippen molar-refractivity contribution < 1.29 is 14.3 Å². The second-order valence-corrected chi connectivity index (χ2v) is 7.62. The number of benzene rings is 1. The molecule has 1 atom stereocenters. The van der Waals surface area contributed by atoms with E-state index < -0.39 is 0 Å². The van der Waals surface area contributed by atoms with Crippen LogP contribution < -0.4 is 14.8 Å². The average molecular weight is 365 g/mol. The van der Waals surface area contributed by atoms with E-state index in [2.05, 4.69) is 17.1 Å². The molecule has 1 aromatic rings. The molecule has 0 unspecified atom stereocenters. The van der Waals surface area contributed by atoms with Gasteiger partial charge in [0.15, 0.2) is 11.5 Å². The molecule has 3 aliphatic rings. The minimum absolute atomic E-state index is 0. The molecule has 1 saturated carbocycles. The Labute approximate surface area is 156 Å². The lowest BCUT2D eigenvalue weighted by molar-refractivity contribution is -0.124. The predicted molar refractivity (Wildman–Crippen MR) is 102 cm³/mol. The molecular formula is C19H28N2O3S. The van der Waals surface area contributed by atoms with Crippen LogP contribution in [0.4, 0.5) is 0 Å². The normalized spacial score (nSPS) is 24.9. The van der Waals surface area contributed by atoms with Crippen molar-refractivity contribution in [1.82, 2.24) is 10.2 Å². The van der Waals surface area contributed by atoms with Crippen LogP contribution in [0.3, 0.4) is 0 Å². The lowest BCUT2D eigenvalue weighted by Crippen LogP contribution is -2.55. The van der Waals surface area contributed by atoms with Crippen molar-refractivity contribution in [3.63, 3.8) is 0 Å². The molecule has 2 aliphatic heterocycles. The summed E-state index contributed by atoms with van der Waals surface area (Å²) in [6, 6.07) is 7.84. The maximum atomic E-state index is 12.0. The fourth-order valence-corrected chi connectivity index (χ4v) is 3.54. The van der Waals surface area contributed by atoms with Gasteiger partial charge in [-0.2, -0.15) is 13.5 Å². The molecular weight excluding hydrogens is 336 g/mol. The van der Waals surface area contributed by atoms with Crippen molar-refractivity contribution in [2.24, 2.45) is 5.92 Å². The molecule has 4 rings (SSSR count). The Kier molecular flexibility index (Phi) is 5.49. The Bertz CT molecular complexity index is 612. The van der Waals surface area contributed by atoms with Gasteiger partial charge >= 0.3 is 0 Å². The van der Waals surface area contributed by atoms with Crippen LogP contribution in [0.15, 0.2) is 24.3 Å². The molecule has 0 spiro atoms. The Morgan fingerprint density at radius 2 is 1.92 bits per heavy atom. The Balaban J connectivity index is 0.00000182. The summed E-state index contributed by atoms with van der Waals surface area (Å²) in [5.41, 5.74) is -0.0489. The third-order valence-electron chi connectivity index (χ3n) is 5.36. The van der Waals surface area contributed by atoms with Gasteiger partial charge in [0.2, 0.25) is 5.91 Å². The summed E-state index contributed by atoms with van der Waals surface area (Å²) in [6.07, 6.45) is 4.19. The van der Waals surface area contributed by atoms with E-state index in [1.54, 1.807) is 0 Å². The number of para-hydroxylation sites is 2. The number of carbonyl (C=O) groups excluding carboxylic acids is 1. The molecule has 1 aliphatic carbocycles. The first kappa shape index (κ1) is 18.4. The summed E-state index contributed by atoms with van der Waals surface area (Å²) in [6.45, 7) is 5.64. The summed E-state index contributed by atoms with van der Waals surface area (Å²) in [5, 5.41) is 3.27. The lowest BCUT2D eigenvalue weighted by atomic mass is 9.89. The van der Waals surface area contributed by atoms with E-state index in [1.165, 1.54) is 0 Å². The second-order valence-electron chi connectivity index (χ2n) is 7.62. The highest BCUT2D eigenvalue weighted by Gasteiger charge is 2.37. The number of fused-ring (bicyclic) bond motifs is 1. The van der Waals surface area contributed by atoms with E-state index in [4.69, 9.17) is 9.47 Å². The van der Waals surface area contributed by atoms with Crippen molar-refractivity contribution in [2.75, 3.05) is 26.2 Å². The molecule has 6 heteroatoms. The summed E-state index contributed by atoms with van der Waals surface area (Å²) in [7, 11) is 0. The van der Waals surface area contributed by atoms with Crippen LogP contribution in [0.25, 0.3) is 0 Å². The fourth-order valence-electron chi connectivity index (χ4n) is 3.54. The highest BCUT2D eigenvalue weighted by Crippen LogP contribution is 2.33. The molecule has 1 aromatic carbocycles. The third-order valence-corrected chi connectivity index (χ3v) is 5.36. The molecule has 138 valence electrons. The minimum Gasteiger partial charge on any atom is -0.486 e. The Hall–Kier alpha value is -1.40. The fraction of sp³-hybridized carbons (Fsp3) is 0.632. The van der Waals surface area contributed by atoms with Gasteiger partial charge in [0, 0.05) is 31.1 Å². The van der Waals surface area contributed by atoms with Gasteiger partial charge in [-0.25, -0.2) is 0 Å². The lowest BCUT2D eigenvalue weighted by Gasteiger charge is -2.41. The monoisotopic (exact) mass is 364 g/mol. The number of rotatable bonds is 4. The van der Waals surface area contributed by atoms with Gasteiger partial charge in [-0.1, -0.05) is 12.1 Å². The zero-order valence-corrected chi connectivity index (χ0v) is 15.8. The highest BCUT2D eigenvalue weighted by molar-refractivity contribution is 7.59. The van der Waals surface area contributed by atoms with Gasteiger partial charge in [0.1, 0.15) is 12.7 Å². The van der Waals surface area contributed by atoms with Gasteiger partial charge in [-0.05, 0) is 44.7 Å². The van der Waals surface area contributed by atoms with E-state index in [9.17, 15) is 4.79 Å². The molecule has 1 amide bonds. The SMILES string of the molecule is CC1(NC(=O)C2CC2)CCN(C[C@H]2COc3ccccc3O2)CC1.S. The number of ether oxygens (including phenoxy) is 2. The first-order valence-corrected chi connectivity index (χ1v) is 9.04. The second kappa shape index (κ2) is 7.46. The van der Waals surface area contributed by atoms with Gasteiger partial charge < -0.3 is 14.8 Å². The average Bonchev–Trinajstić information content (AvgIpc) is 3.42. The number of hydrogen-bond acceptors (Lipinski definition) is 4. The summed E-state index contributed by atoms with van der Waals surface area (Å²) < 4.78 is 11.9. The molecule has 1 N–H and O–H groups in total. The molecule has 2 fully saturated rings. The van der Waals surface area contributed by atoms with Crippen molar-refractivity contribution in [1.29, 1.82) is 0 Å². The summed E-state index contributed by atoms with van der Waals surface area (Å²) in [4.78, 5) is 14.5. The number of piperidine rings is 1. The maximum Gasteiger partial charge on any atom is 0.223 e. The number of amides is 1. The van der Waals surface area contributed by atoms with E-state index >= 15 is 0 Å². The van der Waals surface area contributed by atoms with Crippen molar-refractivity contribution in [2.45, 2.75) is 44.2 Å². The number of nitrogens with one attached hydrogen (secondary N) is 1. The third kappa shape index (κ3) is 4.42. The zero-order chi connectivity index (χ0) is 16.6. The van der Waals surface area contributed by atoms with E-state index in [-0.39, 0.29) is 37.0 Å². The van der Waals surface area contributed by atoms with Gasteiger partial charge in [-0.15, -0.1) is 0 Å². The molecule has 0 aromatic heterocycles. The largest absolute Gasteiger partial charge is 0.486 e. The first-order chi connectivity index (χ1) is 11.6. The van der Waals surface area contributed by atoms with Gasteiger partial charge in [0.05, 0.1) is 0 Å². The summed E-state index contributed by atoms with van der Waals surface area (Å²) >= 11 is 0. The first-order valence-electron chi connectivity index (χ1n) is 9.04. The van der Waals surface area contributed by atoms with E-state index in [0.717, 1.165) is 56.8 Å². The standard InChI is InChI=1S/C19H26N2O3.H2S/c1-19(20-18(22)14-6-7-14)8-10-21(11-9-19)12-15-13-23-16-4-2-3-5-17(16)24-15;/h2-5,14-15H,6-13H2,1H3,(H,20,22);1H2/t15-;/m0./s1. The zero-order valence-electron chi connectivity index (χ0n) is 14.8. The van der Waals surface area contributed by atoms with E-state index in [1.807, 2.05) is 24.3 Å². The van der Waals surface area contributed by atoms with Crippen molar-refractivity contribution >= 4 is 19.4 Å². The molecule has 25 heavy (non-hydrogen) atoms.